The van der Waals surface area contributed by atoms with E-state index in [0.29, 0.717) is 13.2 Å². The van der Waals surface area contributed by atoms with Crippen LogP contribution in [0.2, 0.25) is 0 Å². The number of amides is 1. The van der Waals surface area contributed by atoms with Gasteiger partial charge in [-0.05, 0) is 6.07 Å². The number of carbonyl (C=O) groups excluding carboxylic acids is 1. The van der Waals surface area contributed by atoms with Gasteiger partial charge >= 0.3 is 5.97 Å². The Morgan fingerprint density at radius 2 is 2.38 bits per heavy atom. The van der Waals surface area contributed by atoms with E-state index in [9.17, 15) is 9.59 Å². The van der Waals surface area contributed by atoms with E-state index in [0.717, 1.165) is 4.68 Å². The fourth-order valence-corrected chi connectivity index (χ4v) is 1.14. The minimum absolute atomic E-state index is 0.221. The van der Waals surface area contributed by atoms with Crippen LogP contribution in [0.25, 0.3) is 0 Å². The van der Waals surface area contributed by atoms with Gasteiger partial charge in [-0.15, -0.1) is 0 Å². The zero-order valence-electron chi connectivity index (χ0n) is 8.84. The minimum Gasteiger partial charge on any atom is -0.480 e. The highest BCUT2D eigenvalue weighted by Crippen LogP contribution is 1.98. The lowest BCUT2D eigenvalue weighted by molar-refractivity contribution is -0.137. The van der Waals surface area contributed by atoms with E-state index >= 15 is 0 Å². The second-order valence-electron chi connectivity index (χ2n) is 3.02. The molecule has 16 heavy (non-hydrogen) atoms. The quantitative estimate of drug-likeness (QED) is 0.629. The van der Waals surface area contributed by atoms with Crippen molar-refractivity contribution in [2.75, 3.05) is 20.3 Å². The molecule has 1 aromatic rings. The number of carbonyl (C=O) groups is 2. The van der Waals surface area contributed by atoms with Gasteiger partial charge in [0.25, 0.3) is 5.91 Å². The average Bonchev–Trinajstić information content (AvgIpc) is 2.65. The van der Waals surface area contributed by atoms with Gasteiger partial charge in [0.2, 0.25) is 0 Å². The summed E-state index contributed by atoms with van der Waals surface area (Å²) < 4.78 is 5.90. The molecule has 7 heteroatoms. The van der Waals surface area contributed by atoms with E-state index in [2.05, 4.69) is 10.4 Å². The molecule has 0 saturated heterocycles. The van der Waals surface area contributed by atoms with Crippen molar-refractivity contribution in [3.8, 4) is 0 Å². The molecule has 0 spiro atoms. The maximum atomic E-state index is 11.6. The molecule has 88 valence electrons. The van der Waals surface area contributed by atoms with Crippen molar-refractivity contribution in [2.45, 2.75) is 6.54 Å². The van der Waals surface area contributed by atoms with Gasteiger partial charge in [0.05, 0.1) is 6.61 Å². The summed E-state index contributed by atoms with van der Waals surface area (Å²) in [6, 6.07) is 1.46. The normalized spacial score (nSPS) is 10.1. The molecule has 0 saturated carbocycles. The van der Waals surface area contributed by atoms with Crippen LogP contribution < -0.4 is 5.32 Å². The predicted molar refractivity (Wildman–Crippen MR) is 54.1 cm³/mol. The van der Waals surface area contributed by atoms with E-state index in [4.69, 9.17) is 9.84 Å². The van der Waals surface area contributed by atoms with Crippen molar-refractivity contribution in [2.24, 2.45) is 0 Å². The summed E-state index contributed by atoms with van der Waals surface area (Å²) in [7, 11) is 1.53. The number of carboxylic acid groups (broad SMARTS) is 1. The molecule has 0 fully saturated rings. The molecule has 0 unspecified atom stereocenters. The number of nitrogens with zero attached hydrogens (tertiary/aromatic N) is 2. The van der Waals surface area contributed by atoms with Crippen molar-refractivity contribution >= 4 is 11.9 Å². The number of hydrogen-bond acceptors (Lipinski definition) is 4. The molecular formula is C9H13N3O4. The lowest BCUT2D eigenvalue weighted by Crippen LogP contribution is -2.29. The standard InChI is InChI=1S/C9H13N3O4/c1-16-5-4-10-9(15)7-2-3-11-12(7)6-8(13)14/h2-3H,4-6H2,1H3,(H,10,15)(H,13,14). The monoisotopic (exact) mass is 227 g/mol. The number of carboxylic acids is 1. The Balaban J connectivity index is 2.61. The van der Waals surface area contributed by atoms with E-state index in [1.165, 1.54) is 19.4 Å². The van der Waals surface area contributed by atoms with Gasteiger partial charge in [0.15, 0.2) is 0 Å². The number of nitrogens with one attached hydrogen (secondary N) is 1. The van der Waals surface area contributed by atoms with Crippen molar-refractivity contribution in [3.63, 3.8) is 0 Å². The van der Waals surface area contributed by atoms with Crippen LogP contribution in [0.1, 0.15) is 10.5 Å². The number of aromatic nitrogens is 2. The van der Waals surface area contributed by atoms with Crippen LogP contribution in [0.4, 0.5) is 0 Å². The fourth-order valence-electron chi connectivity index (χ4n) is 1.14. The zero-order valence-corrected chi connectivity index (χ0v) is 8.84. The van der Waals surface area contributed by atoms with E-state index in [1.807, 2.05) is 0 Å². The van der Waals surface area contributed by atoms with E-state index in [-0.39, 0.29) is 18.1 Å². The van der Waals surface area contributed by atoms with Crippen LogP contribution in [0, 0.1) is 0 Å². The lowest BCUT2D eigenvalue weighted by atomic mass is 10.4. The summed E-state index contributed by atoms with van der Waals surface area (Å²) in [6.07, 6.45) is 1.38. The Morgan fingerprint density at radius 1 is 1.62 bits per heavy atom. The first-order chi connectivity index (χ1) is 7.65. The molecule has 0 aliphatic heterocycles. The van der Waals surface area contributed by atoms with Crippen LogP contribution in [0.15, 0.2) is 12.3 Å². The van der Waals surface area contributed by atoms with Gasteiger partial charge < -0.3 is 15.2 Å². The largest absolute Gasteiger partial charge is 0.480 e. The SMILES string of the molecule is COCCNC(=O)c1ccnn1CC(=O)O. The summed E-state index contributed by atoms with van der Waals surface area (Å²) in [5.74, 6) is -1.41. The topological polar surface area (TPSA) is 93.5 Å². The highest BCUT2D eigenvalue weighted by Gasteiger charge is 2.13. The molecule has 0 atom stereocenters. The lowest BCUT2D eigenvalue weighted by Gasteiger charge is -2.05. The van der Waals surface area contributed by atoms with Gasteiger partial charge in [0.1, 0.15) is 12.2 Å². The maximum absolute atomic E-state index is 11.6. The van der Waals surface area contributed by atoms with Crippen molar-refractivity contribution in [1.82, 2.24) is 15.1 Å². The van der Waals surface area contributed by atoms with Crippen molar-refractivity contribution < 1.29 is 19.4 Å². The van der Waals surface area contributed by atoms with E-state index < -0.39 is 5.97 Å². The molecule has 7 nitrogen and oxygen atoms in total. The predicted octanol–water partition coefficient (Wildman–Crippen LogP) is -0.656. The van der Waals surface area contributed by atoms with Crippen molar-refractivity contribution in [3.05, 3.63) is 18.0 Å². The van der Waals surface area contributed by atoms with Gasteiger partial charge in [0, 0.05) is 19.9 Å². The highest BCUT2D eigenvalue weighted by atomic mass is 16.5. The highest BCUT2D eigenvalue weighted by molar-refractivity contribution is 5.92. The second-order valence-corrected chi connectivity index (χ2v) is 3.02. The second kappa shape index (κ2) is 5.86. The molecule has 0 aliphatic rings. The number of methoxy groups -OCH3 is 1. The van der Waals surface area contributed by atoms with Crippen LogP contribution in [-0.4, -0.2) is 47.0 Å². The van der Waals surface area contributed by atoms with Crippen LogP contribution >= 0.6 is 0 Å². The summed E-state index contributed by atoms with van der Waals surface area (Å²) >= 11 is 0. The zero-order chi connectivity index (χ0) is 12.0. The molecular weight excluding hydrogens is 214 g/mol. The van der Waals surface area contributed by atoms with Gasteiger partial charge in [-0.25, -0.2) is 4.68 Å². The Kier molecular flexibility index (Phi) is 4.46. The third-order valence-corrected chi connectivity index (χ3v) is 1.83. The third-order valence-electron chi connectivity index (χ3n) is 1.83. The van der Waals surface area contributed by atoms with Gasteiger partial charge in [-0.1, -0.05) is 0 Å². The molecule has 2 N–H and O–H groups in total. The number of aliphatic carboxylic acids is 1. The average molecular weight is 227 g/mol. The summed E-state index contributed by atoms with van der Waals surface area (Å²) in [6.45, 7) is 0.437. The molecule has 0 radical (unpaired) electrons. The molecule has 1 amide bonds. The summed E-state index contributed by atoms with van der Waals surface area (Å²) in [5, 5.41) is 14.9. The minimum atomic E-state index is -1.05. The number of hydrogen-bond donors (Lipinski definition) is 2. The van der Waals surface area contributed by atoms with Crippen LogP contribution in [0.3, 0.4) is 0 Å². The molecule has 1 aromatic heterocycles. The molecule has 1 rings (SSSR count). The van der Waals surface area contributed by atoms with Crippen molar-refractivity contribution in [1.29, 1.82) is 0 Å². The molecule has 0 bridgehead atoms. The summed E-state index contributed by atoms with van der Waals surface area (Å²) in [4.78, 5) is 22.1. The maximum Gasteiger partial charge on any atom is 0.325 e. The fraction of sp³-hybridized carbons (Fsp3) is 0.444. The third kappa shape index (κ3) is 3.35. The summed E-state index contributed by atoms with van der Waals surface area (Å²) in [5.41, 5.74) is 0.221. The number of ether oxygens (including phenoxy) is 1. The molecule has 0 aromatic carbocycles. The first-order valence-electron chi connectivity index (χ1n) is 4.66. The Labute approximate surface area is 92.0 Å². The Morgan fingerprint density at radius 3 is 3.00 bits per heavy atom. The molecule has 1 heterocycles. The van der Waals surface area contributed by atoms with Gasteiger partial charge in [-0.3, -0.25) is 9.59 Å². The first-order valence-corrected chi connectivity index (χ1v) is 4.66. The van der Waals surface area contributed by atoms with Crippen LogP contribution in [0.5, 0.6) is 0 Å². The van der Waals surface area contributed by atoms with E-state index in [1.54, 1.807) is 0 Å². The Hall–Kier alpha value is -1.89. The smallest absolute Gasteiger partial charge is 0.325 e. The first kappa shape index (κ1) is 12.2. The van der Waals surface area contributed by atoms with Gasteiger partial charge in [-0.2, -0.15) is 5.10 Å². The Bertz CT molecular complexity index is 375. The molecule has 0 aliphatic carbocycles. The van der Waals surface area contributed by atoms with Crippen LogP contribution in [-0.2, 0) is 16.1 Å². The number of rotatable bonds is 6.